The molecule has 6 nitrogen and oxygen atoms in total. The van der Waals surface area contributed by atoms with E-state index >= 15 is 0 Å². The molecule has 0 spiro atoms. The highest BCUT2D eigenvalue weighted by atomic mass is 32.2. The highest BCUT2D eigenvalue weighted by molar-refractivity contribution is 7.89. The van der Waals surface area contributed by atoms with E-state index in [1.807, 2.05) is 13.8 Å². The average Bonchev–Trinajstić information content (AvgIpc) is 2.43. The van der Waals surface area contributed by atoms with Crippen LogP contribution in [-0.4, -0.2) is 39.4 Å². The Morgan fingerprint density at radius 1 is 1.38 bits per heavy atom. The summed E-state index contributed by atoms with van der Waals surface area (Å²) < 4.78 is 30.7. The van der Waals surface area contributed by atoms with Crippen molar-refractivity contribution < 1.29 is 17.9 Å². The minimum atomic E-state index is -3.66. The monoisotopic (exact) mass is 314 g/mol. The summed E-state index contributed by atoms with van der Waals surface area (Å²) in [5.74, 6) is -0.152. The molecule has 0 amide bonds. The summed E-state index contributed by atoms with van der Waals surface area (Å²) in [5.41, 5.74) is 6.04. The van der Waals surface area contributed by atoms with E-state index in [1.165, 1.54) is 36.7 Å². The van der Waals surface area contributed by atoms with Crippen LogP contribution in [0.3, 0.4) is 0 Å². The van der Waals surface area contributed by atoms with Crippen LogP contribution in [0.2, 0.25) is 0 Å². The Bertz CT molecular complexity index is 611. The van der Waals surface area contributed by atoms with E-state index < -0.39 is 16.0 Å². The maximum atomic E-state index is 12.4. The van der Waals surface area contributed by atoms with Gasteiger partial charge in [0.15, 0.2) is 0 Å². The molecule has 0 aromatic heterocycles. The van der Waals surface area contributed by atoms with Gasteiger partial charge < -0.3 is 10.5 Å². The van der Waals surface area contributed by atoms with Gasteiger partial charge in [0.25, 0.3) is 0 Å². The third-order valence-electron chi connectivity index (χ3n) is 3.14. The SMILES string of the molecule is COC(=O)c1ccc(S(=O)(=O)N(C)CCC(C)C)c(N)c1. The van der Waals surface area contributed by atoms with E-state index in [0.717, 1.165) is 6.42 Å². The van der Waals surface area contributed by atoms with Gasteiger partial charge in [-0.05, 0) is 30.5 Å². The molecular weight excluding hydrogens is 292 g/mol. The largest absolute Gasteiger partial charge is 0.465 e. The van der Waals surface area contributed by atoms with E-state index in [0.29, 0.717) is 12.5 Å². The lowest BCUT2D eigenvalue weighted by molar-refractivity contribution is 0.0600. The summed E-state index contributed by atoms with van der Waals surface area (Å²) in [6.07, 6.45) is 0.760. The van der Waals surface area contributed by atoms with Crippen LogP contribution in [0, 0.1) is 5.92 Å². The van der Waals surface area contributed by atoms with Gasteiger partial charge in [-0.2, -0.15) is 0 Å². The molecule has 0 saturated carbocycles. The van der Waals surface area contributed by atoms with Crippen molar-refractivity contribution in [1.82, 2.24) is 4.31 Å². The first-order chi connectivity index (χ1) is 9.70. The molecule has 0 radical (unpaired) electrons. The number of carbonyl (C=O) groups excluding carboxylic acids is 1. The van der Waals surface area contributed by atoms with Gasteiger partial charge in [0.2, 0.25) is 10.0 Å². The number of nitrogens with zero attached hydrogens (tertiary/aromatic N) is 1. The number of ether oxygens (including phenoxy) is 1. The Hall–Kier alpha value is -1.60. The molecule has 0 atom stereocenters. The van der Waals surface area contributed by atoms with Crippen molar-refractivity contribution in [3.05, 3.63) is 23.8 Å². The minimum Gasteiger partial charge on any atom is -0.465 e. The molecule has 0 aliphatic carbocycles. The maximum absolute atomic E-state index is 12.4. The number of methoxy groups -OCH3 is 1. The molecule has 0 unspecified atom stereocenters. The lowest BCUT2D eigenvalue weighted by Gasteiger charge is -2.19. The summed E-state index contributed by atoms with van der Waals surface area (Å²) in [6, 6.07) is 4.04. The van der Waals surface area contributed by atoms with Gasteiger partial charge in [0.05, 0.1) is 18.4 Å². The Balaban J connectivity index is 3.06. The molecule has 0 aliphatic rings. The second kappa shape index (κ2) is 6.91. The zero-order valence-electron chi connectivity index (χ0n) is 12.8. The number of hydrogen-bond donors (Lipinski definition) is 1. The first kappa shape index (κ1) is 17.5. The lowest BCUT2D eigenvalue weighted by atomic mass is 10.1. The van der Waals surface area contributed by atoms with Gasteiger partial charge in [0, 0.05) is 13.6 Å². The highest BCUT2D eigenvalue weighted by Crippen LogP contribution is 2.23. The number of hydrogen-bond acceptors (Lipinski definition) is 5. The molecule has 0 bridgehead atoms. The molecule has 21 heavy (non-hydrogen) atoms. The molecule has 7 heteroatoms. The Labute approximate surface area is 125 Å². The van der Waals surface area contributed by atoms with Crippen molar-refractivity contribution in [1.29, 1.82) is 0 Å². The Morgan fingerprint density at radius 3 is 2.48 bits per heavy atom. The first-order valence-corrected chi connectivity index (χ1v) is 8.08. The first-order valence-electron chi connectivity index (χ1n) is 6.64. The van der Waals surface area contributed by atoms with E-state index in [2.05, 4.69) is 4.74 Å². The summed E-state index contributed by atoms with van der Waals surface area (Å²) in [6.45, 7) is 4.47. The van der Waals surface area contributed by atoms with Gasteiger partial charge in [0.1, 0.15) is 4.90 Å². The van der Waals surface area contributed by atoms with Crippen LogP contribution in [0.5, 0.6) is 0 Å². The Kier molecular flexibility index (Phi) is 5.74. The van der Waals surface area contributed by atoms with Gasteiger partial charge in [-0.15, -0.1) is 0 Å². The summed E-state index contributed by atoms with van der Waals surface area (Å²) >= 11 is 0. The van der Waals surface area contributed by atoms with Crippen molar-refractivity contribution in [3.63, 3.8) is 0 Å². The van der Waals surface area contributed by atoms with Gasteiger partial charge in [-0.1, -0.05) is 13.8 Å². The molecule has 118 valence electrons. The Morgan fingerprint density at radius 2 is 2.00 bits per heavy atom. The van der Waals surface area contributed by atoms with E-state index in [4.69, 9.17) is 5.73 Å². The van der Waals surface area contributed by atoms with E-state index in [1.54, 1.807) is 0 Å². The minimum absolute atomic E-state index is 0.00130. The van der Waals surface area contributed by atoms with Gasteiger partial charge in [-0.25, -0.2) is 17.5 Å². The molecule has 0 aliphatic heterocycles. The molecule has 1 aromatic carbocycles. The van der Waals surface area contributed by atoms with E-state index in [9.17, 15) is 13.2 Å². The summed E-state index contributed by atoms with van der Waals surface area (Å²) in [5, 5.41) is 0. The van der Waals surface area contributed by atoms with Crippen LogP contribution in [0.4, 0.5) is 5.69 Å². The fraction of sp³-hybridized carbons (Fsp3) is 0.500. The number of anilines is 1. The van der Waals surface area contributed by atoms with Crippen molar-refractivity contribution in [3.8, 4) is 0 Å². The smallest absolute Gasteiger partial charge is 0.337 e. The second-order valence-electron chi connectivity index (χ2n) is 5.25. The van der Waals surface area contributed by atoms with Crippen LogP contribution >= 0.6 is 0 Å². The van der Waals surface area contributed by atoms with Crippen LogP contribution in [0.25, 0.3) is 0 Å². The number of sulfonamides is 1. The van der Waals surface area contributed by atoms with Crippen molar-refractivity contribution >= 4 is 21.7 Å². The topological polar surface area (TPSA) is 89.7 Å². The summed E-state index contributed by atoms with van der Waals surface area (Å²) in [7, 11) is -0.886. The fourth-order valence-electron chi connectivity index (χ4n) is 1.76. The zero-order chi connectivity index (χ0) is 16.2. The molecule has 2 N–H and O–H groups in total. The third kappa shape index (κ3) is 4.18. The van der Waals surface area contributed by atoms with Crippen LogP contribution in [0.1, 0.15) is 30.6 Å². The molecule has 1 rings (SSSR count). The fourth-order valence-corrected chi connectivity index (χ4v) is 3.03. The number of benzene rings is 1. The maximum Gasteiger partial charge on any atom is 0.337 e. The molecular formula is C14H22N2O4S. The lowest BCUT2D eigenvalue weighted by Crippen LogP contribution is -2.29. The number of esters is 1. The van der Waals surface area contributed by atoms with Gasteiger partial charge >= 0.3 is 5.97 Å². The normalized spacial score (nSPS) is 11.9. The van der Waals surface area contributed by atoms with Gasteiger partial charge in [-0.3, -0.25) is 0 Å². The third-order valence-corrected chi connectivity index (χ3v) is 5.07. The standard InChI is InChI=1S/C14H22N2O4S/c1-10(2)7-8-16(3)21(18,19)13-6-5-11(9-12(13)15)14(17)20-4/h5-6,9-10H,7-8,15H2,1-4H3. The van der Waals surface area contributed by atoms with Crippen molar-refractivity contribution in [2.45, 2.75) is 25.2 Å². The quantitative estimate of drug-likeness (QED) is 0.638. The second-order valence-corrected chi connectivity index (χ2v) is 7.27. The average molecular weight is 314 g/mol. The van der Waals surface area contributed by atoms with E-state index in [-0.39, 0.29) is 16.1 Å². The number of carbonyl (C=O) groups is 1. The predicted octanol–water partition coefficient (Wildman–Crippen LogP) is 1.72. The molecule has 0 heterocycles. The van der Waals surface area contributed by atoms with Crippen LogP contribution < -0.4 is 5.73 Å². The zero-order valence-corrected chi connectivity index (χ0v) is 13.6. The number of nitrogen functional groups attached to an aromatic ring is 1. The summed E-state index contributed by atoms with van der Waals surface area (Å²) in [4.78, 5) is 11.4. The number of nitrogens with two attached hydrogens (primary N) is 1. The van der Waals surface area contributed by atoms with Crippen LogP contribution in [-0.2, 0) is 14.8 Å². The predicted molar refractivity (Wildman–Crippen MR) is 81.5 cm³/mol. The number of rotatable bonds is 6. The highest BCUT2D eigenvalue weighted by Gasteiger charge is 2.24. The molecule has 0 saturated heterocycles. The molecule has 0 fully saturated rings. The van der Waals surface area contributed by atoms with Crippen molar-refractivity contribution in [2.75, 3.05) is 26.4 Å². The van der Waals surface area contributed by atoms with Crippen molar-refractivity contribution in [2.24, 2.45) is 5.92 Å². The molecule has 1 aromatic rings. The van der Waals surface area contributed by atoms with Crippen LogP contribution in [0.15, 0.2) is 23.1 Å².